The number of hydrogen-bond acceptors (Lipinski definition) is 3. The van der Waals surface area contributed by atoms with Crippen molar-refractivity contribution >= 4 is 18.1 Å². The van der Waals surface area contributed by atoms with Gasteiger partial charge >= 0.3 is 6.18 Å². The molecule has 1 heterocycles. The predicted octanol–water partition coefficient (Wildman–Crippen LogP) is 2.29. The van der Waals surface area contributed by atoms with Gasteiger partial charge in [0.1, 0.15) is 5.56 Å². The Kier molecular flexibility index (Phi) is 2.95. The number of rotatable bonds is 2. The molecule has 0 fully saturated rings. The fourth-order valence-electron chi connectivity index (χ4n) is 0.769. The first kappa shape index (κ1) is 10.8. The Hall–Kier alpha value is -1.30. The van der Waals surface area contributed by atoms with Crippen molar-refractivity contribution in [1.82, 2.24) is 4.98 Å². The van der Waals surface area contributed by atoms with Crippen molar-refractivity contribution in [2.75, 3.05) is 0 Å². The smallest absolute Gasteiger partial charge is 0.409 e. The van der Waals surface area contributed by atoms with Gasteiger partial charge in [-0.1, -0.05) is 11.6 Å². The van der Waals surface area contributed by atoms with Gasteiger partial charge in [0.15, 0.2) is 0 Å². The molecule has 0 aromatic carbocycles. The second-order valence-corrected chi connectivity index (χ2v) is 2.65. The molecule has 0 bridgehead atoms. The summed E-state index contributed by atoms with van der Waals surface area (Å²) in [4.78, 5) is 13.1. The van der Waals surface area contributed by atoms with Crippen LogP contribution >= 0.6 is 11.6 Å². The molecular weight excluding hydrogens is 223 g/mol. The van der Waals surface area contributed by atoms with Gasteiger partial charge in [0.2, 0.25) is 5.88 Å². The van der Waals surface area contributed by atoms with Gasteiger partial charge in [-0.2, -0.15) is 13.2 Å². The first-order valence-electron chi connectivity index (χ1n) is 3.28. The number of aromatic nitrogens is 1. The van der Waals surface area contributed by atoms with Gasteiger partial charge in [-0.3, -0.25) is 4.79 Å². The molecule has 0 aliphatic carbocycles. The third-order valence-electron chi connectivity index (χ3n) is 1.28. The Labute approximate surface area is 81.5 Å². The van der Waals surface area contributed by atoms with Crippen molar-refractivity contribution < 1.29 is 22.7 Å². The summed E-state index contributed by atoms with van der Waals surface area (Å²) < 4.78 is 40.8. The van der Waals surface area contributed by atoms with Crippen LogP contribution in [0.2, 0.25) is 5.02 Å². The van der Waals surface area contributed by atoms with Crippen LogP contribution < -0.4 is 4.74 Å². The molecule has 0 aliphatic heterocycles. The number of ether oxygens (including phenoxy) is 1. The van der Waals surface area contributed by atoms with E-state index >= 15 is 0 Å². The first-order valence-corrected chi connectivity index (χ1v) is 3.66. The molecule has 0 unspecified atom stereocenters. The Morgan fingerprint density at radius 1 is 1.50 bits per heavy atom. The van der Waals surface area contributed by atoms with E-state index < -0.39 is 17.6 Å². The van der Waals surface area contributed by atoms with E-state index in [1.807, 2.05) is 0 Å². The quantitative estimate of drug-likeness (QED) is 0.725. The highest BCUT2D eigenvalue weighted by Crippen LogP contribution is 2.35. The number of nitrogens with zero attached hydrogens (tertiary/aromatic N) is 1. The van der Waals surface area contributed by atoms with Gasteiger partial charge in [0.05, 0.1) is 5.02 Å². The monoisotopic (exact) mass is 225 g/mol. The Morgan fingerprint density at radius 2 is 2.14 bits per heavy atom. The molecule has 0 amide bonds. The van der Waals surface area contributed by atoms with E-state index in [-0.39, 0.29) is 11.5 Å². The summed E-state index contributed by atoms with van der Waals surface area (Å²) in [6.07, 6.45) is -3.70. The lowest BCUT2D eigenvalue weighted by atomic mass is 10.2. The Balaban J connectivity index is 3.22. The molecule has 1 aromatic heterocycles. The van der Waals surface area contributed by atoms with Crippen molar-refractivity contribution in [2.45, 2.75) is 6.18 Å². The highest BCUT2D eigenvalue weighted by molar-refractivity contribution is 6.30. The fraction of sp³-hybridized carbons (Fsp3) is 0.143. The normalized spacial score (nSPS) is 11.1. The largest absolute Gasteiger partial charge is 0.421 e. The highest BCUT2D eigenvalue weighted by Gasteiger charge is 2.35. The molecule has 1 aromatic rings. The fourth-order valence-corrected chi connectivity index (χ4v) is 0.927. The van der Waals surface area contributed by atoms with Crippen LogP contribution in [0.4, 0.5) is 13.2 Å². The molecule has 0 aliphatic rings. The summed E-state index contributed by atoms with van der Waals surface area (Å²) in [6, 6.07) is 0.632. The van der Waals surface area contributed by atoms with Crippen LogP contribution in [-0.2, 0) is 11.0 Å². The Morgan fingerprint density at radius 3 is 2.64 bits per heavy atom. The maximum atomic E-state index is 12.3. The number of alkyl halides is 3. The van der Waals surface area contributed by atoms with Crippen molar-refractivity contribution in [2.24, 2.45) is 0 Å². The third kappa shape index (κ3) is 2.35. The number of hydrogen-bond donors (Lipinski definition) is 0. The predicted molar refractivity (Wildman–Crippen MR) is 40.9 cm³/mol. The molecule has 14 heavy (non-hydrogen) atoms. The molecule has 0 atom stereocenters. The van der Waals surface area contributed by atoms with Gasteiger partial charge in [0.25, 0.3) is 6.47 Å². The number of carbonyl (C=O) groups excluding carboxylic acids is 1. The second kappa shape index (κ2) is 3.83. The second-order valence-electron chi connectivity index (χ2n) is 2.22. The van der Waals surface area contributed by atoms with Gasteiger partial charge in [-0.25, -0.2) is 4.98 Å². The first-order chi connectivity index (χ1) is 6.45. The minimum Gasteiger partial charge on any atom is -0.409 e. The van der Waals surface area contributed by atoms with E-state index in [0.29, 0.717) is 6.07 Å². The topological polar surface area (TPSA) is 39.2 Å². The van der Waals surface area contributed by atoms with Crippen molar-refractivity contribution in [3.8, 4) is 5.88 Å². The summed E-state index contributed by atoms with van der Waals surface area (Å²) in [5, 5.41) is -0.185. The number of halogens is 4. The average Bonchev–Trinajstić information content (AvgIpc) is 2.07. The molecule has 0 spiro atoms. The summed E-state index contributed by atoms with van der Waals surface area (Å²) in [5.41, 5.74) is -1.18. The van der Waals surface area contributed by atoms with Crippen LogP contribution in [0, 0.1) is 0 Å². The van der Waals surface area contributed by atoms with E-state index in [4.69, 9.17) is 11.6 Å². The molecule has 0 N–H and O–H groups in total. The molecule has 0 saturated heterocycles. The van der Waals surface area contributed by atoms with Crippen LogP contribution in [0.1, 0.15) is 5.56 Å². The van der Waals surface area contributed by atoms with Crippen LogP contribution in [0.5, 0.6) is 5.88 Å². The van der Waals surface area contributed by atoms with E-state index in [1.165, 1.54) is 0 Å². The summed E-state index contributed by atoms with van der Waals surface area (Å²) >= 11 is 5.32. The minimum absolute atomic E-state index is 0.133. The Bertz CT molecular complexity index is 353. The van der Waals surface area contributed by atoms with Gasteiger partial charge in [-0.15, -0.1) is 0 Å². The zero-order valence-corrected chi connectivity index (χ0v) is 7.26. The van der Waals surface area contributed by atoms with Crippen LogP contribution in [0.3, 0.4) is 0 Å². The molecule has 1 rings (SSSR count). The third-order valence-corrected chi connectivity index (χ3v) is 1.49. The van der Waals surface area contributed by atoms with Crippen LogP contribution in [0.15, 0.2) is 12.3 Å². The van der Waals surface area contributed by atoms with Crippen LogP contribution in [-0.4, -0.2) is 11.5 Å². The molecule has 76 valence electrons. The number of pyridine rings is 1. The zero-order valence-electron chi connectivity index (χ0n) is 6.51. The standard InChI is InChI=1S/C7H3ClF3NO2/c8-4-1-5(7(9,10)11)6(12-2-4)14-3-13/h1-3H. The van der Waals surface area contributed by atoms with E-state index in [0.717, 1.165) is 6.20 Å². The van der Waals surface area contributed by atoms with Gasteiger partial charge in [-0.05, 0) is 6.07 Å². The lowest BCUT2D eigenvalue weighted by Crippen LogP contribution is -2.09. The van der Waals surface area contributed by atoms with E-state index in [2.05, 4.69) is 9.72 Å². The summed E-state index contributed by atoms with van der Waals surface area (Å²) in [5.74, 6) is -0.808. The van der Waals surface area contributed by atoms with E-state index in [1.54, 1.807) is 0 Å². The van der Waals surface area contributed by atoms with Crippen molar-refractivity contribution in [3.05, 3.63) is 22.8 Å². The maximum absolute atomic E-state index is 12.3. The van der Waals surface area contributed by atoms with Crippen molar-refractivity contribution in [1.29, 1.82) is 0 Å². The lowest BCUT2D eigenvalue weighted by molar-refractivity contribution is -0.140. The molecule has 7 heteroatoms. The molecule has 3 nitrogen and oxygen atoms in total. The van der Waals surface area contributed by atoms with Crippen LogP contribution in [0.25, 0.3) is 0 Å². The highest BCUT2D eigenvalue weighted by atomic mass is 35.5. The molecule has 0 saturated carbocycles. The summed E-state index contributed by atoms with van der Waals surface area (Å²) in [7, 11) is 0. The number of carbonyl (C=O) groups is 1. The zero-order chi connectivity index (χ0) is 10.8. The van der Waals surface area contributed by atoms with Gasteiger partial charge < -0.3 is 4.74 Å². The SMILES string of the molecule is O=COc1ncc(Cl)cc1C(F)(F)F. The van der Waals surface area contributed by atoms with Crippen molar-refractivity contribution in [3.63, 3.8) is 0 Å². The molecular formula is C7H3ClF3NO2. The lowest BCUT2D eigenvalue weighted by Gasteiger charge is -2.09. The molecule has 0 radical (unpaired) electrons. The van der Waals surface area contributed by atoms with E-state index in [9.17, 15) is 18.0 Å². The summed E-state index contributed by atoms with van der Waals surface area (Å²) in [6.45, 7) is -0.133. The average molecular weight is 226 g/mol. The maximum Gasteiger partial charge on any atom is 0.421 e. The minimum atomic E-state index is -4.66. The van der Waals surface area contributed by atoms with Gasteiger partial charge in [0, 0.05) is 6.20 Å².